The van der Waals surface area contributed by atoms with E-state index in [9.17, 15) is 4.79 Å². The lowest BCUT2D eigenvalue weighted by Gasteiger charge is -2.35. The molecule has 2 unspecified atom stereocenters. The van der Waals surface area contributed by atoms with Crippen molar-refractivity contribution in [2.24, 2.45) is 0 Å². The number of nitrogens with zero attached hydrogens (tertiary/aromatic N) is 3. The Balaban J connectivity index is 1.68. The molecule has 0 N–H and O–H groups in total. The molecule has 134 valence electrons. The van der Waals surface area contributed by atoms with Crippen molar-refractivity contribution in [3.05, 3.63) is 41.7 Å². The largest absolute Gasteiger partial charge is 0.372 e. The van der Waals surface area contributed by atoms with Gasteiger partial charge in [0, 0.05) is 31.2 Å². The Hall–Kier alpha value is -1.79. The summed E-state index contributed by atoms with van der Waals surface area (Å²) in [6.07, 6.45) is 3.91. The third kappa shape index (κ3) is 4.44. The van der Waals surface area contributed by atoms with Crippen LogP contribution >= 0.6 is 11.8 Å². The number of hydrogen-bond acceptors (Lipinski definition) is 4. The van der Waals surface area contributed by atoms with Gasteiger partial charge < -0.3 is 9.64 Å². The van der Waals surface area contributed by atoms with Crippen molar-refractivity contribution in [2.45, 2.75) is 45.1 Å². The zero-order valence-corrected chi connectivity index (χ0v) is 16.0. The molecule has 0 spiro atoms. The summed E-state index contributed by atoms with van der Waals surface area (Å²) in [6.45, 7) is 9.52. The predicted molar refractivity (Wildman–Crippen MR) is 100 cm³/mol. The monoisotopic (exact) mass is 359 g/mol. The Morgan fingerprint density at radius 1 is 1.20 bits per heavy atom. The summed E-state index contributed by atoms with van der Waals surface area (Å²) in [5.74, 6) is 0.531. The van der Waals surface area contributed by atoms with Crippen LogP contribution in [0.2, 0.25) is 0 Å². The minimum absolute atomic E-state index is 0.0926. The molecule has 1 saturated heterocycles. The van der Waals surface area contributed by atoms with Gasteiger partial charge in [-0.05, 0) is 51.0 Å². The van der Waals surface area contributed by atoms with Gasteiger partial charge in [0.15, 0.2) is 5.16 Å². The normalized spacial score (nSPS) is 20.7. The Bertz CT molecular complexity index is 729. The number of thioether (sulfide) groups is 1. The number of ether oxygens (including phenoxy) is 1. The molecule has 0 saturated carbocycles. The molecular weight excluding hydrogens is 334 g/mol. The van der Waals surface area contributed by atoms with E-state index in [1.54, 1.807) is 6.20 Å². The van der Waals surface area contributed by atoms with Crippen molar-refractivity contribution < 1.29 is 9.53 Å². The summed E-state index contributed by atoms with van der Waals surface area (Å²) in [4.78, 5) is 18.9. The number of carbonyl (C=O) groups is 1. The first-order valence-electron chi connectivity index (χ1n) is 8.60. The van der Waals surface area contributed by atoms with E-state index in [4.69, 9.17) is 4.74 Å². The van der Waals surface area contributed by atoms with Crippen LogP contribution in [0.4, 0.5) is 0 Å². The van der Waals surface area contributed by atoms with Gasteiger partial charge in [0.2, 0.25) is 5.91 Å². The highest BCUT2D eigenvalue weighted by molar-refractivity contribution is 7.99. The molecule has 5 nitrogen and oxygen atoms in total. The van der Waals surface area contributed by atoms with Gasteiger partial charge in [-0.2, -0.15) is 0 Å². The Morgan fingerprint density at radius 3 is 2.48 bits per heavy atom. The Kier molecular flexibility index (Phi) is 5.49. The zero-order chi connectivity index (χ0) is 18.0. The Morgan fingerprint density at radius 2 is 1.84 bits per heavy atom. The summed E-state index contributed by atoms with van der Waals surface area (Å²) < 4.78 is 7.74. The standard InChI is InChI=1S/C19H25N3O2S/c1-13-7-14(2)9-17(8-13)22-6-5-20-19(22)25-12-18(23)21-10-15(3)24-16(4)11-21/h5-9,15-16H,10-12H2,1-4H3. The van der Waals surface area contributed by atoms with Crippen LogP contribution in [0.1, 0.15) is 25.0 Å². The van der Waals surface area contributed by atoms with Gasteiger partial charge in [0.05, 0.1) is 18.0 Å². The van der Waals surface area contributed by atoms with Gasteiger partial charge in [0.25, 0.3) is 0 Å². The number of hydrogen-bond donors (Lipinski definition) is 0. The number of imidazole rings is 1. The van der Waals surface area contributed by atoms with Crippen LogP contribution in [0.3, 0.4) is 0 Å². The average molecular weight is 359 g/mol. The van der Waals surface area contributed by atoms with E-state index in [1.165, 1.54) is 22.9 Å². The first-order chi connectivity index (χ1) is 11.9. The molecule has 1 aromatic heterocycles. The summed E-state index contributed by atoms with van der Waals surface area (Å²) in [6, 6.07) is 6.41. The molecule has 0 radical (unpaired) electrons. The first kappa shape index (κ1) is 18.0. The third-order valence-electron chi connectivity index (χ3n) is 4.19. The van der Waals surface area contributed by atoms with E-state index in [0.29, 0.717) is 18.8 Å². The SMILES string of the molecule is Cc1cc(C)cc(-n2ccnc2SCC(=O)N2CC(C)OC(C)C2)c1. The van der Waals surface area contributed by atoms with Gasteiger partial charge in [0.1, 0.15) is 0 Å². The van der Waals surface area contributed by atoms with E-state index < -0.39 is 0 Å². The van der Waals surface area contributed by atoms with Gasteiger partial charge in [-0.3, -0.25) is 9.36 Å². The lowest BCUT2D eigenvalue weighted by molar-refractivity contribution is -0.140. The highest BCUT2D eigenvalue weighted by atomic mass is 32.2. The molecule has 3 rings (SSSR count). The lowest BCUT2D eigenvalue weighted by atomic mass is 10.1. The fraction of sp³-hybridized carbons (Fsp3) is 0.474. The fourth-order valence-corrected chi connectivity index (χ4v) is 4.16. The number of rotatable bonds is 4. The average Bonchev–Trinajstić information content (AvgIpc) is 2.99. The molecule has 0 aliphatic carbocycles. The second kappa shape index (κ2) is 7.62. The first-order valence-corrected chi connectivity index (χ1v) is 9.59. The summed E-state index contributed by atoms with van der Waals surface area (Å²) in [7, 11) is 0. The molecule has 6 heteroatoms. The third-order valence-corrected chi connectivity index (χ3v) is 5.14. The van der Waals surface area contributed by atoms with Crippen LogP contribution in [0.5, 0.6) is 0 Å². The van der Waals surface area contributed by atoms with Crippen LogP contribution in [0, 0.1) is 13.8 Å². The van der Waals surface area contributed by atoms with E-state index in [-0.39, 0.29) is 18.1 Å². The quantitative estimate of drug-likeness (QED) is 0.787. The topological polar surface area (TPSA) is 47.4 Å². The summed E-state index contributed by atoms with van der Waals surface area (Å²) in [5, 5.41) is 0.840. The number of aromatic nitrogens is 2. The van der Waals surface area contributed by atoms with Crippen molar-refractivity contribution in [3.63, 3.8) is 0 Å². The van der Waals surface area contributed by atoms with E-state index in [0.717, 1.165) is 10.8 Å². The van der Waals surface area contributed by atoms with Crippen LogP contribution in [0.15, 0.2) is 35.7 Å². The van der Waals surface area contributed by atoms with Crippen LogP contribution < -0.4 is 0 Å². The zero-order valence-electron chi connectivity index (χ0n) is 15.2. The second-order valence-electron chi connectivity index (χ2n) is 6.77. The molecule has 0 bridgehead atoms. The summed E-state index contributed by atoms with van der Waals surface area (Å²) in [5.41, 5.74) is 3.51. The molecule has 25 heavy (non-hydrogen) atoms. The summed E-state index contributed by atoms with van der Waals surface area (Å²) >= 11 is 1.48. The Labute approximate surface area is 153 Å². The van der Waals surface area contributed by atoms with Gasteiger partial charge >= 0.3 is 0 Å². The fourth-order valence-electron chi connectivity index (χ4n) is 3.28. The minimum atomic E-state index is 0.0926. The maximum absolute atomic E-state index is 12.6. The van der Waals surface area contributed by atoms with Crippen LogP contribution in [0.25, 0.3) is 5.69 Å². The maximum Gasteiger partial charge on any atom is 0.233 e. The number of benzene rings is 1. The molecule has 2 heterocycles. The second-order valence-corrected chi connectivity index (χ2v) is 7.71. The minimum Gasteiger partial charge on any atom is -0.372 e. The van der Waals surface area contributed by atoms with Gasteiger partial charge in [-0.15, -0.1) is 0 Å². The van der Waals surface area contributed by atoms with E-state index in [1.807, 2.05) is 29.5 Å². The molecule has 2 atom stereocenters. The maximum atomic E-state index is 12.6. The predicted octanol–water partition coefficient (Wildman–Crippen LogP) is 3.22. The van der Waals surface area contributed by atoms with Crippen molar-refractivity contribution in [3.8, 4) is 5.69 Å². The number of aryl methyl sites for hydroxylation is 2. The molecule has 1 aromatic carbocycles. The molecule has 2 aromatic rings. The lowest BCUT2D eigenvalue weighted by Crippen LogP contribution is -2.48. The highest BCUT2D eigenvalue weighted by Gasteiger charge is 2.26. The van der Waals surface area contributed by atoms with Crippen molar-refractivity contribution >= 4 is 17.7 Å². The van der Waals surface area contributed by atoms with Crippen LogP contribution in [-0.4, -0.2) is 51.4 Å². The van der Waals surface area contributed by atoms with Crippen molar-refractivity contribution in [1.82, 2.24) is 14.5 Å². The van der Waals surface area contributed by atoms with Crippen molar-refractivity contribution in [2.75, 3.05) is 18.8 Å². The van der Waals surface area contributed by atoms with Crippen molar-refractivity contribution in [1.29, 1.82) is 0 Å². The van der Waals surface area contributed by atoms with Gasteiger partial charge in [-0.1, -0.05) is 17.8 Å². The molecule has 1 aliphatic rings. The van der Waals surface area contributed by atoms with Gasteiger partial charge in [-0.25, -0.2) is 4.98 Å². The van der Waals surface area contributed by atoms with E-state index in [2.05, 4.69) is 37.0 Å². The van der Waals surface area contributed by atoms with E-state index >= 15 is 0 Å². The molecule has 1 amide bonds. The van der Waals surface area contributed by atoms with Crippen LogP contribution in [-0.2, 0) is 9.53 Å². The highest BCUT2D eigenvalue weighted by Crippen LogP contribution is 2.23. The smallest absolute Gasteiger partial charge is 0.233 e. The number of carbonyl (C=O) groups excluding carboxylic acids is 1. The number of morpholine rings is 1. The molecular formula is C19H25N3O2S. The number of amides is 1. The molecule has 1 fully saturated rings. The molecule has 1 aliphatic heterocycles.